The Bertz CT molecular complexity index is 163. The molecule has 0 aliphatic heterocycles. The first kappa shape index (κ1) is 16.0. The zero-order valence-electron chi connectivity index (χ0n) is 12.4. The van der Waals surface area contributed by atoms with E-state index in [1.165, 1.54) is 44.9 Å². The largest absolute Gasteiger partial charge is 0.314 e. The first-order chi connectivity index (χ1) is 7.43. The van der Waals surface area contributed by atoms with Crippen LogP contribution in [0, 0.1) is 5.41 Å². The van der Waals surface area contributed by atoms with Crippen molar-refractivity contribution in [3.63, 3.8) is 0 Å². The molecule has 0 spiro atoms. The summed E-state index contributed by atoms with van der Waals surface area (Å²) in [6.45, 7) is 11.7. The summed E-state index contributed by atoms with van der Waals surface area (Å²) in [5.41, 5.74) is 0.667. The molecule has 0 bridgehead atoms. The van der Waals surface area contributed by atoms with Crippen molar-refractivity contribution in [2.75, 3.05) is 7.05 Å². The fourth-order valence-corrected chi connectivity index (χ4v) is 2.79. The Kier molecular flexibility index (Phi) is 7.30. The van der Waals surface area contributed by atoms with Crippen LogP contribution in [0.2, 0.25) is 0 Å². The highest BCUT2D eigenvalue weighted by Crippen LogP contribution is 2.37. The van der Waals surface area contributed by atoms with E-state index < -0.39 is 0 Å². The van der Waals surface area contributed by atoms with E-state index in [1.54, 1.807) is 0 Å². The summed E-state index contributed by atoms with van der Waals surface area (Å²) in [5.74, 6) is 0. The van der Waals surface area contributed by atoms with E-state index in [1.807, 2.05) is 0 Å². The average molecular weight is 227 g/mol. The fraction of sp³-hybridized carbons (Fsp3) is 1.00. The summed E-state index contributed by atoms with van der Waals surface area (Å²) in [6, 6.07) is 0. The van der Waals surface area contributed by atoms with E-state index in [0.29, 0.717) is 11.0 Å². The Labute approximate surface area is 103 Å². The van der Waals surface area contributed by atoms with Gasteiger partial charge in [-0.25, -0.2) is 0 Å². The van der Waals surface area contributed by atoms with Crippen LogP contribution in [0.15, 0.2) is 0 Å². The highest BCUT2D eigenvalue weighted by molar-refractivity contribution is 4.95. The monoisotopic (exact) mass is 227 g/mol. The van der Waals surface area contributed by atoms with Gasteiger partial charge in [0.1, 0.15) is 0 Å². The maximum Gasteiger partial charge on any atom is 0.0224 e. The van der Waals surface area contributed by atoms with Gasteiger partial charge >= 0.3 is 0 Å². The van der Waals surface area contributed by atoms with Gasteiger partial charge in [-0.3, -0.25) is 0 Å². The number of rotatable bonds is 8. The van der Waals surface area contributed by atoms with Crippen molar-refractivity contribution in [2.24, 2.45) is 5.41 Å². The molecule has 1 N–H and O–H groups in total. The summed E-state index contributed by atoms with van der Waals surface area (Å²) in [4.78, 5) is 0. The quantitative estimate of drug-likeness (QED) is 0.589. The minimum absolute atomic E-state index is 0.319. The van der Waals surface area contributed by atoms with Crippen molar-refractivity contribution < 1.29 is 0 Å². The first-order valence-corrected chi connectivity index (χ1v) is 7.12. The van der Waals surface area contributed by atoms with E-state index in [9.17, 15) is 0 Å². The molecule has 1 heteroatoms. The van der Waals surface area contributed by atoms with Gasteiger partial charge in [-0.15, -0.1) is 0 Å². The lowest BCUT2D eigenvalue weighted by molar-refractivity contribution is 0.125. The number of hydrogen-bond acceptors (Lipinski definition) is 1. The molecule has 0 saturated heterocycles. The molecule has 0 heterocycles. The van der Waals surface area contributed by atoms with Gasteiger partial charge in [0.2, 0.25) is 0 Å². The summed E-state index contributed by atoms with van der Waals surface area (Å²) in [7, 11) is 2.13. The molecule has 0 amide bonds. The van der Waals surface area contributed by atoms with E-state index in [4.69, 9.17) is 0 Å². The molecule has 16 heavy (non-hydrogen) atoms. The van der Waals surface area contributed by atoms with Crippen molar-refractivity contribution >= 4 is 0 Å². The second kappa shape index (κ2) is 7.32. The summed E-state index contributed by atoms with van der Waals surface area (Å²) < 4.78 is 0. The molecule has 0 saturated carbocycles. The molecule has 0 aromatic rings. The van der Waals surface area contributed by atoms with Gasteiger partial charge in [0.25, 0.3) is 0 Å². The number of nitrogens with one attached hydrogen (secondary N) is 1. The van der Waals surface area contributed by atoms with Gasteiger partial charge in [0, 0.05) is 5.54 Å². The van der Waals surface area contributed by atoms with Gasteiger partial charge in [-0.1, -0.05) is 66.7 Å². The van der Waals surface area contributed by atoms with E-state index in [-0.39, 0.29) is 0 Å². The van der Waals surface area contributed by atoms with Crippen LogP contribution in [0.3, 0.4) is 0 Å². The topological polar surface area (TPSA) is 12.0 Å². The number of unbranched alkanes of at least 4 members (excludes halogenated alkanes) is 4. The Hall–Kier alpha value is -0.0400. The van der Waals surface area contributed by atoms with E-state index >= 15 is 0 Å². The first-order valence-electron chi connectivity index (χ1n) is 7.12. The van der Waals surface area contributed by atoms with Gasteiger partial charge in [0.05, 0.1) is 0 Å². The molecule has 0 aromatic carbocycles. The van der Waals surface area contributed by atoms with Crippen LogP contribution >= 0.6 is 0 Å². The zero-order chi connectivity index (χ0) is 12.7. The molecule has 0 aromatic heterocycles. The second-order valence-electron chi connectivity index (χ2n) is 6.10. The van der Waals surface area contributed by atoms with E-state index in [0.717, 1.165) is 0 Å². The molecule has 1 nitrogen and oxygen atoms in total. The standard InChI is InChI=1S/C15H33N/c1-7-9-10-11-12-13-15(8-2,16-6)14(3,4)5/h16H,7-13H2,1-6H3. The molecule has 1 unspecified atom stereocenters. The second-order valence-corrected chi connectivity index (χ2v) is 6.10. The van der Waals surface area contributed by atoms with Crippen LogP contribution in [-0.4, -0.2) is 12.6 Å². The van der Waals surface area contributed by atoms with Crippen LogP contribution in [0.4, 0.5) is 0 Å². The van der Waals surface area contributed by atoms with Crippen molar-refractivity contribution in [3.8, 4) is 0 Å². The minimum atomic E-state index is 0.319. The molecule has 1 atom stereocenters. The third-order valence-electron chi connectivity index (χ3n) is 4.22. The summed E-state index contributed by atoms with van der Waals surface area (Å²) in [6.07, 6.45) is 9.44. The Morgan fingerprint density at radius 1 is 0.875 bits per heavy atom. The van der Waals surface area contributed by atoms with Crippen molar-refractivity contribution in [1.29, 1.82) is 0 Å². The Balaban J connectivity index is 4.14. The predicted octanol–water partition coefficient (Wildman–Crippen LogP) is 4.76. The lowest BCUT2D eigenvalue weighted by Gasteiger charge is -2.45. The van der Waals surface area contributed by atoms with Gasteiger partial charge in [-0.05, 0) is 25.3 Å². The highest BCUT2D eigenvalue weighted by Gasteiger charge is 2.37. The number of hydrogen-bond donors (Lipinski definition) is 1. The summed E-state index contributed by atoms with van der Waals surface area (Å²) >= 11 is 0. The van der Waals surface area contributed by atoms with Gasteiger partial charge in [0.15, 0.2) is 0 Å². The zero-order valence-corrected chi connectivity index (χ0v) is 12.4. The predicted molar refractivity (Wildman–Crippen MR) is 74.9 cm³/mol. The van der Waals surface area contributed by atoms with Crippen LogP contribution in [-0.2, 0) is 0 Å². The van der Waals surface area contributed by atoms with Gasteiger partial charge < -0.3 is 5.32 Å². The average Bonchev–Trinajstić information content (AvgIpc) is 2.22. The van der Waals surface area contributed by atoms with Crippen molar-refractivity contribution in [3.05, 3.63) is 0 Å². The SMILES string of the molecule is CCCCCCCC(CC)(NC)C(C)(C)C. The Morgan fingerprint density at radius 3 is 1.81 bits per heavy atom. The molecular formula is C15H33N. The fourth-order valence-electron chi connectivity index (χ4n) is 2.79. The molecule has 0 radical (unpaired) electrons. The summed E-state index contributed by atoms with van der Waals surface area (Å²) in [5, 5.41) is 3.60. The molecule has 0 aliphatic carbocycles. The lowest BCUT2D eigenvalue weighted by atomic mass is 9.69. The van der Waals surface area contributed by atoms with Gasteiger partial charge in [-0.2, -0.15) is 0 Å². The highest BCUT2D eigenvalue weighted by atomic mass is 15.0. The normalized spacial score (nSPS) is 16.1. The molecule has 0 rings (SSSR count). The lowest BCUT2D eigenvalue weighted by Crippen LogP contribution is -2.52. The minimum Gasteiger partial charge on any atom is -0.314 e. The van der Waals surface area contributed by atoms with Crippen LogP contribution in [0.1, 0.15) is 79.6 Å². The smallest absolute Gasteiger partial charge is 0.0224 e. The maximum atomic E-state index is 3.60. The van der Waals surface area contributed by atoms with Crippen molar-refractivity contribution in [1.82, 2.24) is 5.32 Å². The maximum absolute atomic E-state index is 3.60. The molecular weight excluding hydrogens is 194 g/mol. The Morgan fingerprint density at radius 2 is 1.44 bits per heavy atom. The third-order valence-corrected chi connectivity index (χ3v) is 4.22. The molecule has 0 aliphatic rings. The van der Waals surface area contributed by atoms with E-state index in [2.05, 4.69) is 47.0 Å². The third kappa shape index (κ3) is 4.45. The molecule has 0 fully saturated rings. The van der Waals surface area contributed by atoms with Crippen LogP contribution in [0.25, 0.3) is 0 Å². The molecule has 98 valence electrons. The van der Waals surface area contributed by atoms with Crippen LogP contribution in [0.5, 0.6) is 0 Å². The van der Waals surface area contributed by atoms with Crippen LogP contribution < -0.4 is 5.32 Å². The van der Waals surface area contributed by atoms with Crippen molar-refractivity contribution in [2.45, 2.75) is 85.1 Å².